The van der Waals surface area contributed by atoms with Gasteiger partial charge in [-0.25, -0.2) is 8.42 Å². The number of nitrogens with zero attached hydrogens (tertiary/aromatic N) is 1. The molecule has 128 valence electrons. The number of para-hydroxylation sites is 1. The minimum absolute atomic E-state index is 0.278. The quantitative estimate of drug-likeness (QED) is 0.564. The zero-order valence-electron chi connectivity index (χ0n) is 13.8. The van der Waals surface area contributed by atoms with Crippen molar-refractivity contribution in [3.05, 3.63) is 83.3 Å². The molecule has 25 heavy (non-hydrogen) atoms. The van der Waals surface area contributed by atoms with Crippen molar-refractivity contribution >= 4 is 31.6 Å². The molecular formula is C20H18BrNO2S. The van der Waals surface area contributed by atoms with Crippen LogP contribution < -0.4 is 4.31 Å². The summed E-state index contributed by atoms with van der Waals surface area (Å²) in [6.07, 6.45) is 0. The smallest absolute Gasteiger partial charge is 0.264 e. The van der Waals surface area contributed by atoms with Gasteiger partial charge in [-0.1, -0.05) is 64.5 Å². The van der Waals surface area contributed by atoms with Crippen LogP contribution in [0.1, 0.15) is 6.92 Å². The van der Waals surface area contributed by atoms with Gasteiger partial charge in [0.15, 0.2) is 0 Å². The molecule has 0 fully saturated rings. The Morgan fingerprint density at radius 2 is 1.44 bits per heavy atom. The molecular weight excluding hydrogens is 398 g/mol. The summed E-state index contributed by atoms with van der Waals surface area (Å²) in [4.78, 5) is 0.278. The van der Waals surface area contributed by atoms with Crippen LogP contribution in [0.5, 0.6) is 0 Å². The van der Waals surface area contributed by atoms with E-state index < -0.39 is 10.0 Å². The van der Waals surface area contributed by atoms with E-state index in [1.165, 1.54) is 4.31 Å². The number of halogens is 1. The molecule has 3 aromatic rings. The monoisotopic (exact) mass is 415 g/mol. The van der Waals surface area contributed by atoms with Gasteiger partial charge >= 0.3 is 0 Å². The number of anilines is 1. The normalized spacial score (nSPS) is 11.3. The van der Waals surface area contributed by atoms with Crippen LogP contribution in [0, 0.1) is 0 Å². The first-order valence-electron chi connectivity index (χ1n) is 7.97. The molecule has 3 nitrogen and oxygen atoms in total. The van der Waals surface area contributed by atoms with Crippen LogP contribution in [0.15, 0.2) is 88.2 Å². The Morgan fingerprint density at radius 1 is 0.840 bits per heavy atom. The second-order valence-electron chi connectivity index (χ2n) is 5.51. The lowest BCUT2D eigenvalue weighted by Crippen LogP contribution is -2.31. The molecule has 0 atom stereocenters. The van der Waals surface area contributed by atoms with E-state index in [0.29, 0.717) is 12.2 Å². The summed E-state index contributed by atoms with van der Waals surface area (Å²) in [6.45, 7) is 2.19. The van der Waals surface area contributed by atoms with Crippen molar-refractivity contribution in [1.29, 1.82) is 0 Å². The number of hydrogen-bond donors (Lipinski definition) is 0. The van der Waals surface area contributed by atoms with E-state index >= 15 is 0 Å². The van der Waals surface area contributed by atoms with Gasteiger partial charge in [0.05, 0.1) is 10.6 Å². The third kappa shape index (κ3) is 3.62. The van der Waals surface area contributed by atoms with Gasteiger partial charge in [-0.3, -0.25) is 4.31 Å². The fraction of sp³-hybridized carbons (Fsp3) is 0.100. The SMILES string of the molecule is CCN(c1ccccc1-c1ccccc1)S(=O)(=O)c1ccc(Br)cc1. The molecule has 0 heterocycles. The summed E-state index contributed by atoms with van der Waals surface area (Å²) in [5.74, 6) is 0. The first kappa shape index (κ1) is 17.7. The van der Waals surface area contributed by atoms with Crippen LogP contribution >= 0.6 is 15.9 Å². The maximum atomic E-state index is 13.2. The second kappa shape index (κ2) is 7.42. The summed E-state index contributed by atoms with van der Waals surface area (Å²) in [7, 11) is -3.64. The van der Waals surface area contributed by atoms with Gasteiger partial charge in [-0.2, -0.15) is 0 Å². The average Bonchev–Trinajstić information content (AvgIpc) is 2.64. The summed E-state index contributed by atoms with van der Waals surface area (Å²) < 4.78 is 28.6. The van der Waals surface area contributed by atoms with Crippen LogP contribution in [0.3, 0.4) is 0 Å². The summed E-state index contributed by atoms with van der Waals surface area (Å²) in [6, 6.07) is 24.1. The fourth-order valence-electron chi connectivity index (χ4n) is 2.76. The van der Waals surface area contributed by atoms with Gasteiger partial charge in [0, 0.05) is 16.6 Å². The maximum absolute atomic E-state index is 13.2. The van der Waals surface area contributed by atoms with Crippen LogP contribution in [0.2, 0.25) is 0 Å². The average molecular weight is 416 g/mol. The topological polar surface area (TPSA) is 37.4 Å². The van der Waals surface area contributed by atoms with E-state index in [-0.39, 0.29) is 4.90 Å². The van der Waals surface area contributed by atoms with Crippen molar-refractivity contribution in [1.82, 2.24) is 0 Å². The Balaban J connectivity index is 2.12. The lowest BCUT2D eigenvalue weighted by molar-refractivity contribution is 0.592. The van der Waals surface area contributed by atoms with E-state index in [0.717, 1.165) is 15.6 Å². The van der Waals surface area contributed by atoms with Crippen molar-refractivity contribution < 1.29 is 8.42 Å². The first-order valence-corrected chi connectivity index (χ1v) is 10.2. The molecule has 0 amide bonds. The zero-order chi connectivity index (χ0) is 17.9. The van der Waals surface area contributed by atoms with Crippen molar-refractivity contribution in [3.8, 4) is 11.1 Å². The summed E-state index contributed by atoms with van der Waals surface area (Å²) >= 11 is 3.34. The third-order valence-corrected chi connectivity index (χ3v) is 6.38. The highest BCUT2D eigenvalue weighted by Crippen LogP contribution is 2.34. The minimum atomic E-state index is -3.64. The Morgan fingerprint density at radius 3 is 2.08 bits per heavy atom. The van der Waals surface area contributed by atoms with E-state index in [4.69, 9.17) is 0 Å². The second-order valence-corrected chi connectivity index (χ2v) is 8.28. The maximum Gasteiger partial charge on any atom is 0.264 e. The summed E-state index contributed by atoms with van der Waals surface area (Å²) in [5.41, 5.74) is 2.56. The molecule has 5 heteroatoms. The van der Waals surface area contributed by atoms with E-state index in [9.17, 15) is 8.42 Å². The number of sulfonamides is 1. The van der Waals surface area contributed by atoms with Gasteiger partial charge in [-0.15, -0.1) is 0 Å². The third-order valence-electron chi connectivity index (χ3n) is 3.95. The van der Waals surface area contributed by atoms with Gasteiger partial charge in [0.2, 0.25) is 0 Å². The largest absolute Gasteiger partial charge is 0.266 e. The molecule has 0 radical (unpaired) electrons. The standard InChI is InChI=1S/C20H18BrNO2S/c1-2-22(25(23,24)18-14-12-17(21)13-15-18)20-11-7-6-10-19(20)16-8-4-3-5-9-16/h3-15H,2H2,1H3. The van der Waals surface area contributed by atoms with Gasteiger partial charge < -0.3 is 0 Å². The molecule has 0 saturated heterocycles. The zero-order valence-corrected chi connectivity index (χ0v) is 16.2. The minimum Gasteiger partial charge on any atom is -0.266 e. The van der Waals surface area contributed by atoms with E-state index in [1.807, 2.05) is 61.5 Å². The first-order chi connectivity index (χ1) is 12.0. The molecule has 0 bridgehead atoms. The van der Waals surface area contributed by atoms with Crippen LogP contribution in [0.4, 0.5) is 5.69 Å². The predicted octanol–water partition coefficient (Wildman–Crippen LogP) is 5.33. The van der Waals surface area contributed by atoms with Crippen molar-refractivity contribution in [2.24, 2.45) is 0 Å². The van der Waals surface area contributed by atoms with Crippen molar-refractivity contribution in [2.75, 3.05) is 10.8 Å². The highest BCUT2D eigenvalue weighted by atomic mass is 79.9. The molecule has 0 aromatic heterocycles. The Bertz CT molecular complexity index is 955. The summed E-state index contributed by atoms with van der Waals surface area (Å²) in [5, 5.41) is 0. The lowest BCUT2D eigenvalue weighted by atomic mass is 10.0. The molecule has 0 spiro atoms. The molecule has 0 saturated carbocycles. The van der Waals surface area contributed by atoms with Crippen molar-refractivity contribution in [3.63, 3.8) is 0 Å². The molecule has 3 rings (SSSR count). The lowest BCUT2D eigenvalue weighted by Gasteiger charge is -2.25. The van der Waals surface area contributed by atoms with Gasteiger partial charge in [0.1, 0.15) is 0 Å². The number of hydrogen-bond acceptors (Lipinski definition) is 2. The van der Waals surface area contributed by atoms with E-state index in [1.54, 1.807) is 24.3 Å². The van der Waals surface area contributed by atoms with Crippen molar-refractivity contribution in [2.45, 2.75) is 11.8 Å². The highest BCUT2D eigenvalue weighted by molar-refractivity contribution is 9.10. The van der Waals surface area contributed by atoms with Crippen LogP contribution in [-0.2, 0) is 10.0 Å². The fourth-order valence-corrected chi connectivity index (χ4v) is 4.51. The molecule has 0 N–H and O–H groups in total. The Hall–Kier alpha value is -2.11. The Kier molecular flexibility index (Phi) is 5.25. The number of benzene rings is 3. The number of rotatable bonds is 5. The Labute approximate surface area is 157 Å². The van der Waals surface area contributed by atoms with Crippen LogP contribution in [0.25, 0.3) is 11.1 Å². The molecule has 3 aromatic carbocycles. The van der Waals surface area contributed by atoms with Crippen LogP contribution in [-0.4, -0.2) is 15.0 Å². The molecule has 0 unspecified atom stereocenters. The molecule has 0 aliphatic rings. The van der Waals surface area contributed by atoms with E-state index in [2.05, 4.69) is 15.9 Å². The highest BCUT2D eigenvalue weighted by Gasteiger charge is 2.25. The molecule has 0 aliphatic heterocycles. The van der Waals surface area contributed by atoms with Gasteiger partial charge in [0.25, 0.3) is 10.0 Å². The predicted molar refractivity (Wildman–Crippen MR) is 106 cm³/mol. The van der Waals surface area contributed by atoms with Gasteiger partial charge in [-0.05, 0) is 42.8 Å². The molecule has 0 aliphatic carbocycles.